The lowest BCUT2D eigenvalue weighted by Gasteiger charge is -2.31. The molecule has 1 aliphatic rings. The Morgan fingerprint density at radius 1 is 1.24 bits per heavy atom. The first kappa shape index (κ1) is 14.9. The molecule has 3 heteroatoms. The van der Waals surface area contributed by atoms with Gasteiger partial charge in [-0.15, -0.1) is 0 Å². The summed E-state index contributed by atoms with van der Waals surface area (Å²) in [6.07, 6.45) is 5.45. The molecule has 0 bridgehead atoms. The van der Waals surface area contributed by atoms with Crippen molar-refractivity contribution in [2.45, 2.75) is 45.6 Å². The fourth-order valence-corrected chi connectivity index (χ4v) is 2.36. The lowest BCUT2D eigenvalue weighted by atomic mass is 10.1. The topological polar surface area (TPSA) is 18.5 Å². The van der Waals surface area contributed by atoms with Crippen molar-refractivity contribution < 1.29 is 0 Å². The van der Waals surface area contributed by atoms with Gasteiger partial charge >= 0.3 is 0 Å². The number of nitrogens with zero attached hydrogens (tertiary/aromatic N) is 2. The summed E-state index contributed by atoms with van der Waals surface area (Å²) in [5.74, 6) is 0. The normalized spacial score (nSPS) is 19.8. The second-order valence-corrected chi connectivity index (χ2v) is 5.42. The molecule has 102 valence electrons. The first-order chi connectivity index (χ1) is 8.24. The highest BCUT2D eigenvalue weighted by Gasteiger charge is 2.12. The summed E-state index contributed by atoms with van der Waals surface area (Å²) in [6, 6.07) is 0.740. The number of likely N-dealkylation sites (N-methyl/N-ethyl adjacent to an activating group) is 1. The maximum atomic E-state index is 3.40. The molecule has 1 heterocycles. The molecule has 0 aromatic rings. The van der Waals surface area contributed by atoms with Crippen molar-refractivity contribution in [2.24, 2.45) is 0 Å². The summed E-state index contributed by atoms with van der Waals surface area (Å²) in [7, 11) is 2.28. The second-order valence-electron chi connectivity index (χ2n) is 5.42. The van der Waals surface area contributed by atoms with Crippen LogP contribution in [0.15, 0.2) is 0 Å². The van der Waals surface area contributed by atoms with Crippen LogP contribution < -0.4 is 5.32 Å². The molecule has 1 saturated heterocycles. The standard InChI is InChI=1S/C14H31N3/c1-4-5-6-7-14(2)16(3)12-13-17-10-8-15-9-11-17/h14-15H,4-13H2,1-3H3. The molecule has 1 aliphatic heterocycles. The van der Waals surface area contributed by atoms with Crippen LogP contribution in [-0.4, -0.2) is 62.2 Å². The van der Waals surface area contributed by atoms with Crippen LogP contribution in [0.5, 0.6) is 0 Å². The van der Waals surface area contributed by atoms with E-state index in [4.69, 9.17) is 0 Å². The molecule has 1 unspecified atom stereocenters. The van der Waals surface area contributed by atoms with Gasteiger partial charge in [0, 0.05) is 45.3 Å². The summed E-state index contributed by atoms with van der Waals surface area (Å²) in [4.78, 5) is 5.10. The minimum Gasteiger partial charge on any atom is -0.314 e. The molecule has 1 rings (SSSR count). The van der Waals surface area contributed by atoms with Crippen LogP contribution in [0.1, 0.15) is 39.5 Å². The van der Waals surface area contributed by atoms with Gasteiger partial charge in [0.15, 0.2) is 0 Å². The van der Waals surface area contributed by atoms with Gasteiger partial charge in [-0.3, -0.25) is 4.90 Å². The molecule has 0 amide bonds. The second kappa shape index (κ2) is 8.90. The third-order valence-electron chi connectivity index (χ3n) is 3.96. The van der Waals surface area contributed by atoms with E-state index in [1.54, 1.807) is 0 Å². The summed E-state index contributed by atoms with van der Waals surface area (Å²) < 4.78 is 0. The van der Waals surface area contributed by atoms with E-state index in [0.29, 0.717) is 0 Å². The summed E-state index contributed by atoms with van der Waals surface area (Å²) >= 11 is 0. The van der Waals surface area contributed by atoms with Crippen LogP contribution in [0, 0.1) is 0 Å². The van der Waals surface area contributed by atoms with Gasteiger partial charge in [0.25, 0.3) is 0 Å². The largest absolute Gasteiger partial charge is 0.314 e. The molecule has 3 nitrogen and oxygen atoms in total. The Kier molecular flexibility index (Phi) is 7.82. The van der Waals surface area contributed by atoms with Gasteiger partial charge in [-0.2, -0.15) is 0 Å². The van der Waals surface area contributed by atoms with Gasteiger partial charge in [-0.25, -0.2) is 0 Å². The van der Waals surface area contributed by atoms with Gasteiger partial charge in [0.2, 0.25) is 0 Å². The van der Waals surface area contributed by atoms with Gasteiger partial charge in [0.05, 0.1) is 0 Å². The summed E-state index contributed by atoms with van der Waals surface area (Å²) in [5.41, 5.74) is 0. The minimum atomic E-state index is 0.740. The molecule has 0 aromatic carbocycles. The Hall–Kier alpha value is -0.120. The number of nitrogens with one attached hydrogen (secondary N) is 1. The first-order valence-electron chi connectivity index (χ1n) is 7.37. The highest BCUT2D eigenvalue weighted by atomic mass is 15.2. The van der Waals surface area contributed by atoms with Gasteiger partial charge < -0.3 is 10.2 Å². The number of unbranched alkanes of at least 4 members (excludes halogenated alkanes) is 2. The molecule has 0 saturated carbocycles. The predicted molar refractivity (Wildman–Crippen MR) is 75.5 cm³/mol. The zero-order valence-electron chi connectivity index (χ0n) is 12.0. The van der Waals surface area contributed by atoms with Crippen LogP contribution >= 0.6 is 0 Å². The first-order valence-corrected chi connectivity index (χ1v) is 7.37. The fraction of sp³-hybridized carbons (Fsp3) is 1.00. The summed E-state index contributed by atoms with van der Waals surface area (Å²) in [6.45, 7) is 11.9. The van der Waals surface area contributed by atoms with Gasteiger partial charge in [-0.1, -0.05) is 26.2 Å². The number of hydrogen-bond donors (Lipinski definition) is 1. The van der Waals surface area contributed by atoms with Crippen LogP contribution in [0.4, 0.5) is 0 Å². The maximum Gasteiger partial charge on any atom is 0.0110 e. The van der Waals surface area contributed by atoms with E-state index in [1.165, 1.54) is 51.9 Å². The highest BCUT2D eigenvalue weighted by molar-refractivity contribution is 4.70. The lowest BCUT2D eigenvalue weighted by molar-refractivity contribution is 0.177. The Balaban J connectivity index is 2.07. The molecular formula is C14H31N3. The Morgan fingerprint density at radius 2 is 1.94 bits per heavy atom. The van der Waals surface area contributed by atoms with Crippen molar-refractivity contribution in [3.05, 3.63) is 0 Å². The van der Waals surface area contributed by atoms with Gasteiger partial charge in [-0.05, 0) is 20.4 Å². The van der Waals surface area contributed by atoms with Gasteiger partial charge in [0.1, 0.15) is 0 Å². The van der Waals surface area contributed by atoms with E-state index < -0.39 is 0 Å². The van der Waals surface area contributed by atoms with E-state index in [2.05, 4.69) is 36.0 Å². The van der Waals surface area contributed by atoms with E-state index in [1.807, 2.05) is 0 Å². The highest BCUT2D eigenvalue weighted by Crippen LogP contribution is 2.08. The Morgan fingerprint density at radius 3 is 2.59 bits per heavy atom. The smallest absolute Gasteiger partial charge is 0.0110 e. The quantitative estimate of drug-likeness (QED) is 0.654. The SMILES string of the molecule is CCCCCC(C)N(C)CCN1CCNCC1. The van der Waals surface area contributed by atoms with Crippen LogP contribution in [0.2, 0.25) is 0 Å². The summed E-state index contributed by atoms with van der Waals surface area (Å²) in [5, 5.41) is 3.40. The van der Waals surface area contributed by atoms with Crippen molar-refractivity contribution in [1.82, 2.24) is 15.1 Å². The molecule has 0 aliphatic carbocycles. The number of hydrogen-bond acceptors (Lipinski definition) is 3. The van der Waals surface area contributed by atoms with E-state index in [0.717, 1.165) is 19.1 Å². The number of rotatable bonds is 8. The van der Waals surface area contributed by atoms with Crippen LogP contribution in [0.25, 0.3) is 0 Å². The van der Waals surface area contributed by atoms with Crippen LogP contribution in [-0.2, 0) is 0 Å². The van der Waals surface area contributed by atoms with Crippen molar-refractivity contribution in [1.29, 1.82) is 0 Å². The third kappa shape index (κ3) is 6.39. The molecule has 17 heavy (non-hydrogen) atoms. The molecular weight excluding hydrogens is 210 g/mol. The van der Waals surface area contributed by atoms with Crippen LogP contribution in [0.3, 0.4) is 0 Å². The van der Waals surface area contributed by atoms with Crippen molar-refractivity contribution in [3.63, 3.8) is 0 Å². The average molecular weight is 241 g/mol. The van der Waals surface area contributed by atoms with E-state index in [9.17, 15) is 0 Å². The predicted octanol–water partition coefficient (Wildman–Crippen LogP) is 1.79. The zero-order valence-corrected chi connectivity index (χ0v) is 12.0. The average Bonchev–Trinajstić information content (AvgIpc) is 2.37. The maximum absolute atomic E-state index is 3.40. The zero-order chi connectivity index (χ0) is 12.5. The lowest BCUT2D eigenvalue weighted by Crippen LogP contribution is -2.46. The molecule has 0 radical (unpaired) electrons. The molecule has 0 spiro atoms. The Labute approximate surface area is 108 Å². The minimum absolute atomic E-state index is 0.740. The van der Waals surface area contributed by atoms with Crippen molar-refractivity contribution in [3.8, 4) is 0 Å². The molecule has 1 atom stereocenters. The molecule has 1 N–H and O–H groups in total. The van der Waals surface area contributed by atoms with Crippen molar-refractivity contribution >= 4 is 0 Å². The molecule has 1 fully saturated rings. The number of piperazine rings is 1. The van der Waals surface area contributed by atoms with E-state index in [-0.39, 0.29) is 0 Å². The monoisotopic (exact) mass is 241 g/mol. The Bertz CT molecular complexity index is 178. The third-order valence-corrected chi connectivity index (χ3v) is 3.96. The van der Waals surface area contributed by atoms with Crippen molar-refractivity contribution in [2.75, 3.05) is 46.3 Å². The fourth-order valence-electron chi connectivity index (χ4n) is 2.36. The van der Waals surface area contributed by atoms with E-state index >= 15 is 0 Å². The molecule has 0 aromatic heterocycles.